The lowest BCUT2D eigenvalue weighted by atomic mass is 10.1. The summed E-state index contributed by atoms with van der Waals surface area (Å²) in [6.07, 6.45) is 3.25. The van der Waals surface area contributed by atoms with E-state index in [9.17, 15) is 4.79 Å². The normalized spacial score (nSPS) is 10.3. The maximum absolute atomic E-state index is 12.4. The van der Waals surface area contributed by atoms with Crippen LogP contribution in [0.2, 0.25) is 0 Å². The second-order valence-corrected chi connectivity index (χ2v) is 6.69. The average molecular weight is 391 g/mol. The van der Waals surface area contributed by atoms with Gasteiger partial charge in [0.05, 0.1) is 31.1 Å². The minimum atomic E-state index is -0.194. The summed E-state index contributed by atoms with van der Waals surface area (Å²) in [5.74, 6) is 1.30. The van der Waals surface area contributed by atoms with E-state index in [0.29, 0.717) is 18.7 Å². The lowest BCUT2D eigenvalue weighted by Crippen LogP contribution is -2.28. The van der Waals surface area contributed by atoms with Crippen molar-refractivity contribution in [2.75, 3.05) is 25.6 Å². The van der Waals surface area contributed by atoms with Gasteiger partial charge in [-0.25, -0.2) is 0 Å². The third-order valence-corrected chi connectivity index (χ3v) is 4.39. The number of nitrogens with zero attached hydrogens (tertiary/aromatic N) is 1. The van der Waals surface area contributed by atoms with E-state index in [-0.39, 0.29) is 5.91 Å². The van der Waals surface area contributed by atoms with Gasteiger partial charge in [0.25, 0.3) is 5.91 Å². The lowest BCUT2D eigenvalue weighted by Gasteiger charge is -2.12. The third-order valence-electron chi connectivity index (χ3n) is 4.39. The molecule has 0 bridgehead atoms. The maximum atomic E-state index is 12.4. The predicted molar refractivity (Wildman–Crippen MR) is 114 cm³/mol. The van der Waals surface area contributed by atoms with E-state index in [1.807, 2.05) is 38.1 Å². The number of nitrogens with one attached hydrogen (secondary N) is 2. The van der Waals surface area contributed by atoms with Crippen LogP contribution in [0.3, 0.4) is 0 Å². The zero-order valence-corrected chi connectivity index (χ0v) is 16.9. The van der Waals surface area contributed by atoms with Crippen molar-refractivity contribution in [2.24, 2.45) is 0 Å². The van der Waals surface area contributed by atoms with Crippen LogP contribution in [0.25, 0.3) is 0 Å². The van der Waals surface area contributed by atoms with E-state index in [4.69, 9.17) is 9.47 Å². The quantitative estimate of drug-likeness (QED) is 0.562. The fourth-order valence-electron chi connectivity index (χ4n) is 2.77. The highest BCUT2D eigenvalue weighted by atomic mass is 16.5. The van der Waals surface area contributed by atoms with Crippen molar-refractivity contribution in [1.29, 1.82) is 0 Å². The van der Waals surface area contributed by atoms with Crippen LogP contribution in [0.5, 0.6) is 11.5 Å². The second kappa shape index (κ2) is 9.59. The molecule has 6 nitrogen and oxygen atoms in total. The molecular formula is C23H25N3O3. The summed E-state index contributed by atoms with van der Waals surface area (Å²) in [5.41, 5.74) is 4.54. The Morgan fingerprint density at radius 1 is 1.00 bits per heavy atom. The zero-order chi connectivity index (χ0) is 20.6. The Labute approximate surface area is 170 Å². The molecule has 3 rings (SSSR count). The molecule has 2 N–H and O–H groups in total. The van der Waals surface area contributed by atoms with E-state index >= 15 is 0 Å². The Bertz CT molecular complexity index is 971. The van der Waals surface area contributed by atoms with Crippen molar-refractivity contribution in [2.45, 2.75) is 13.8 Å². The maximum Gasteiger partial charge on any atom is 0.253 e. The Hall–Kier alpha value is -3.54. The fraction of sp³-hybridized carbons (Fsp3) is 0.217. The zero-order valence-electron chi connectivity index (χ0n) is 16.9. The van der Waals surface area contributed by atoms with E-state index in [1.165, 1.54) is 0 Å². The number of benzene rings is 2. The van der Waals surface area contributed by atoms with E-state index < -0.39 is 0 Å². The molecule has 0 radical (unpaired) electrons. The monoisotopic (exact) mass is 391 g/mol. The molecule has 29 heavy (non-hydrogen) atoms. The van der Waals surface area contributed by atoms with Gasteiger partial charge >= 0.3 is 0 Å². The summed E-state index contributed by atoms with van der Waals surface area (Å²) in [4.78, 5) is 16.6. The molecule has 0 aliphatic heterocycles. The molecule has 0 aliphatic carbocycles. The highest BCUT2D eigenvalue weighted by Crippen LogP contribution is 2.22. The minimum absolute atomic E-state index is 0.194. The van der Waals surface area contributed by atoms with Crippen LogP contribution in [0, 0.1) is 13.8 Å². The molecule has 150 valence electrons. The van der Waals surface area contributed by atoms with Crippen molar-refractivity contribution < 1.29 is 14.3 Å². The number of hydrogen-bond acceptors (Lipinski definition) is 5. The first-order valence-corrected chi connectivity index (χ1v) is 9.39. The number of carbonyl (C=O) groups excluding carboxylic acids is 1. The SMILES string of the molecule is COc1ccc(OCCNC(=O)c2cncc(Nc3cc(C)ccc3C)c2)cc1. The second-order valence-electron chi connectivity index (χ2n) is 6.69. The first kappa shape index (κ1) is 20.2. The molecule has 1 amide bonds. The van der Waals surface area contributed by atoms with Crippen LogP contribution in [0.4, 0.5) is 11.4 Å². The van der Waals surface area contributed by atoms with Gasteiger partial charge in [0.1, 0.15) is 18.1 Å². The molecule has 0 saturated heterocycles. The van der Waals surface area contributed by atoms with Crippen molar-refractivity contribution in [3.8, 4) is 11.5 Å². The Kier molecular flexibility index (Phi) is 6.68. The molecule has 2 aromatic carbocycles. The number of rotatable bonds is 8. The van der Waals surface area contributed by atoms with Gasteiger partial charge in [-0.2, -0.15) is 0 Å². The molecule has 1 aromatic heterocycles. The molecule has 0 aliphatic rings. The Morgan fingerprint density at radius 3 is 2.52 bits per heavy atom. The van der Waals surface area contributed by atoms with Crippen LogP contribution >= 0.6 is 0 Å². The number of anilines is 2. The van der Waals surface area contributed by atoms with Gasteiger partial charge in [-0.1, -0.05) is 12.1 Å². The van der Waals surface area contributed by atoms with Crippen LogP contribution < -0.4 is 20.1 Å². The van der Waals surface area contributed by atoms with Crippen LogP contribution in [-0.2, 0) is 0 Å². The van der Waals surface area contributed by atoms with Crippen molar-refractivity contribution in [3.63, 3.8) is 0 Å². The largest absolute Gasteiger partial charge is 0.497 e. The van der Waals surface area contributed by atoms with E-state index in [0.717, 1.165) is 34.0 Å². The van der Waals surface area contributed by atoms with Gasteiger partial charge in [0.15, 0.2) is 0 Å². The molecule has 0 spiro atoms. The minimum Gasteiger partial charge on any atom is -0.497 e. The number of pyridine rings is 1. The van der Waals surface area contributed by atoms with Gasteiger partial charge in [-0.15, -0.1) is 0 Å². The summed E-state index contributed by atoms with van der Waals surface area (Å²) in [6.45, 7) is 4.83. The molecule has 0 unspecified atom stereocenters. The van der Waals surface area contributed by atoms with Gasteiger partial charge < -0.3 is 20.1 Å². The number of amides is 1. The standard InChI is InChI=1S/C23H25N3O3/c1-16-4-5-17(2)22(12-16)26-19-13-18(14-24-15-19)23(27)25-10-11-29-21-8-6-20(28-3)7-9-21/h4-9,12-15,26H,10-11H2,1-3H3,(H,25,27). The van der Waals surface area contributed by atoms with Gasteiger partial charge in [-0.05, 0) is 61.4 Å². The van der Waals surface area contributed by atoms with E-state index in [1.54, 1.807) is 25.6 Å². The number of ether oxygens (including phenoxy) is 2. The third kappa shape index (κ3) is 5.72. The summed E-state index contributed by atoms with van der Waals surface area (Å²) < 4.78 is 10.7. The van der Waals surface area contributed by atoms with Crippen molar-refractivity contribution in [1.82, 2.24) is 10.3 Å². The highest BCUT2D eigenvalue weighted by molar-refractivity contribution is 5.94. The number of methoxy groups -OCH3 is 1. The number of aryl methyl sites for hydroxylation is 2. The topological polar surface area (TPSA) is 72.5 Å². The highest BCUT2D eigenvalue weighted by Gasteiger charge is 2.08. The van der Waals surface area contributed by atoms with Crippen LogP contribution in [-0.4, -0.2) is 31.2 Å². The first-order chi connectivity index (χ1) is 14.0. The number of aromatic nitrogens is 1. The average Bonchev–Trinajstić information content (AvgIpc) is 2.74. The van der Waals surface area contributed by atoms with Gasteiger partial charge in [0.2, 0.25) is 0 Å². The van der Waals surface area contributed by atoms with Gasteiger partial charge in [0, 0.05) is 11.9 Å². The molecular weight excluding hydrogens is 366 g/mol. The van der Waals surface area contributed by atoms with Crippen LogP contribution in [0.15, 0.2) is 60.9 Å². The molecule has 0 saturated carbocycles. The van der Waals surface area contributed by atoms with Gasteiger partial charge in [-0.3, -0.25) is 9.78 Å². The molecule has 6 heteroatoms. The van der Waals surface area contributed by atoms with Crippen molar-refractivity contribution >= 4 is 17.3 Å². The first-order valence-electron chi connectivity index (χ1n) is 9.39. The summed E-state index contributed by atoms with van der Waals surface area (Å²) in [5, 5.41) is 6.18. The Balaban J connectivity index is 1.53. The molecule has 0 fully saturated rings. The Morgan fingerprint density at radius 2 is 1.76 bits per heavy atom. The molecule has 1 heterocycles. The molecule has 3 aromatic rings. The van der Waals surface area contributed by atoms with Crippen LogP contribution in [0.1, 0.15) is 21.5 Å². The smallest absolute Gasteiger partial charge is 0.253 e. The number of carbonyl (C=O) groups is 1. The van der Waals surface area contributed by atoms with Crippen molar-refractivity contribution in [3.05, 3.63) is 77.6 Å². The summed E-state index contributed by atoms with van der Waals surface area (Å²) in [7, 11) is 1.62. The lowest BCUT2D eigenvalue weighted by molar-refractivity contribution is 0.0946. The summed E-state index contributed by atoms with van der Waals surface area (Å²) >= 11 is 0. The summed E-state index contributed by atoms with van der Waals surface area (Å²) in [6, 6.07) is 15.3. The predicted octanol–water partition coefficient (Wildman–Crippen LogP) is 4.26. The fourth-order valence-corrected chi connectivity index (χ4v) is 2.77. The molecule has 0 atom stereocenters. The van der Waals surface area contributed by atoms with E-state index in [2.05, 4.69) is 33.8 Å². The number of hydrogen-bond donors (Lipinski definition) is 2.